The summed E-state index contributed by atoms with van der Waals surface area (Å²) >= 11 is 0. The zero-order valence-electron chi connectivity index (χ0n) is 12.2. The number of benzene rings is 2. The van der Waals surface area contributed by atoms with Gasteiger partial charge in [0, 0.05) is 5.56 Å². The van der Waals surface area contributed by atoms with E-state index >= 15 is 0 Å². The van der Waals surface area contributed by atoms with Crippen LogP contribution in [0.15, 0.2) is 42.5 Å². The molecule has 22 heavy (non-hydrogen) atoms. The summed E-state index contributed by atoms with van der Waals surface area (Å²) in [6, 6.07) is 12.9. The van der Waals surface area contributed by atoms with Gasteiger partial charge in [0.15, 0.2) is 11.5 Å². The number of hydrogen-bond donors (Lipinski definition) is 1. The monoisotopic (exact) mass is 297 g/mol. The van der Waals surface area contributed by atoms with Gasteiger partial charge in [-0.1, -0.05) is 30.3 Å². The van der Waals surface area contributed by atoms with E-state index in [0.29, 0.717) is 33.4 Å². The van der Waals surface area contributed by atoms with E-state index in [1.54, 1.807) is 18.2 Å². The average Bonchev–Trinajstić information content (AvgIpc) is 2.80. The van der Waals surface area contributed by atoms with Crippen LogP contribution in [-0.2, 0) is 0 Å². The summed E-state index contributed by atoms with van der Waals surface area (Å²) in [6.45, 7) is 0. The van der Waals surface area contributed by atoms with Crippen molar-refractivity contribution in [3.8, 4) is 11.5 Å². The third-order valence-corrected chi connectivity index (χ3v) is 3.56. The van der Waals surface area contributed by atoms with E-state index in [2.05, 4.69) is 0 Å². The summed E-state index contributed by atoms with van der Waals surface area (Å²) in [5.41, 5.74) is 2.19. The number of amides is 1. The molecule has 1 aliphatic heterocycles. The van der Waals surface area contributed by atoms with Crippen molar-refractivity contribution in [2.24, 2.45) is 0 Å². The zero-order valence-corrected chi connectivity index (χ0v) is 12.2. The maximum Gasteiger partial charge on any atom is 0.286 e. The molecule has 0 aromatic heterocycles. The molecule has 3 rings (SSSR count). The predicted molar refractivity (Wildman–Crippen MR) is 81.8 cm³/mol. The van der Waals surface area contributed by atoms with Crippen molar-refractivity contribution >= 4 is 17.7 Å². The number of hydrogen-bond acceptors (Lipinski definition) is 4. The highest BCUT2D eigenvalue weighted by atomic mass is 16.5. The van der Waals surface area contributed by atoms with Gasteiger partial charge in [0.05, 0.1) is 25.5 Å². The standard InChI is InChI=1S/C17H15NO4/c1-21-14-9-8-12-13(10-11-6-4-3-5-7-11)18(20)17(19)15(12)16(14)22-2/h3-10,20H,1-2H3. The molecule has 0 unspecified atom stereocenters. The van der Waals surface area contributed by atoms with E-state index in [9.17, 15) is 10.0 Å². The first-order chi connectivity index (χ1) is 10.7. The SMILES string of the molecule is COc1ccc2c(c1OC)C(=O)N(O)C2=Cc1ccccc1. The maximum atomic E-state index is 12.3. The van der Waals surface area contributed by atoms with Gasteiger partial charge in [0.2, 0.25) is 0 Å². The van der Waals surface area contributed by atoms with Gasteiger partial charge in [0.1, 0.15) is 0 Å². The van der Waals surface area contributed by atoms with Crippen LogP contribution >= 0.6 is 0 Å². The maximum absolute atomic E-state index is 12.3. The van der Waals surface area contributed by atoms with Crippen LogP contribution in [0, 0.1) is 0 Å². The first-order valence-electron chi connectivity index (χ1n) is 6.72. The normalized spacial score (nSPS) is 15.1. The second-order valence-corrected chi connectivity index (χ2v) is 4.78. The molecule has 2 aromatic carbocycles. The molecule has 0 fully saturated rings. The molecule has 1 aliphatic rings. The number of fused-ring (bicyclic) bond motifs is 1. The number of ether oxygens (including phenoxy) is 2. The van der Waals surface area contributed by atoms with Crippen molar-refractivity contribution in [3.05, 3.63) is 59.2 Å². The molecule has 0 bridgehead atoms. The minimum absolute atomic E-state index is 0.298. The molecule has 0 radical (unpaired) electrons. The van der Waals surface area contributed by atoms with Crippen LogP contribution in [-0.4, -0.2) is 30.4 Å². The van der Waals surface area contributed by atoms with Gasteiger partial charge in [-0.25, -0.2) is 0 Å². The fourth-order valence-electron chi connectivity index (χ4n) is 2.53. The van der Waals surface area contributed by atoms with Crippen LogP contribution in [0.1, 0.15) is 21.5 Å². The van der Waals surface area contributed by atoms with E-state index in [4.69, 9.17) is 9.47 Å². The minimum atomic E-state index is -0.534. The number of nitrogens with zero attached hydrogens (tertiary/aromatic N) is 1. The van der Waals surface area contributed by atoms with Gasteiger partial charge in [0.25, 0.3) is 5.91 Å². The van der Waals surface area contributed by atoms with E-state index in [0.717, 1.165) is 5.56 Å². The smallest absolute Gasteiger partial charge is 0.286 e. The molecule has 0 aliphatic carbocycles. The molecule has 0 atom stereocenters. The van der Waals surface area contributed by atoms with E-state index in [-0.39, 0.29) is 0 Å². The fourth-order valence-corrected chi connectivity index (χ4v) is 2.53. The highest BCUT2D eigenvalue weighted by Gasteiger charge is 2.36. The molecular weight excluding hydrogens is 282 g/mol. The Morgan fingerprint density at radius 2 is 1.77 bits per heavy atom. The van der Waals surface area contributed by atoms with Crippen LogP contribution in [0.5, 0.6) is 11.5 Å². The molecule has 5 nitrogen and oxygen atoms in total. The van der Waals surface area contributed by atoms with E-state index in [1.165, 1.54) is 14.2 Å². The van der Waals surface area contributed by atoms with Crippen molar-refractivity contribution in [1.29, 1.82) is 0 Å². The highest BCUT2D eigenvalue weighted by Crippen LogP contribution is 2.42. The van der Waals surface area contributed by atoms with Crippen LogP contribution in [0.4, 0.5) is 0 Å². The lowest BCUT2D eigenvalue weighted by Crippen LogP contribution is -2.18. The van der Waals surface area contributed by atoms with Gasteiger partial charge < -0.3 is 9.47 Å². The second-order valence-electron chi connectivity index (χ2n) is 4.78. The first kappa shape index (κ1) is 14.2. The summed E-state index contributed by atoms with van der Waals surface area (Å²) in [7, 11) is 2.97. The number of carbonyl (C=O) groups excluding carboxylic acids is 1. The van der Waals surface area contributed by atoms with Crippen molar-refractivity contribution in [3.63, 3.8) is 0 Å². The fraction of sp³-hybridized carbons (Fsp3) is 0.118. The van der Waals surface area contributed by atoms with Crippen LogP contribution < -0.4 is 9.47 Å². The average molecular weight is 297 g/mol. The van der Waals surface area contributed by atoms with Crippen LogP contribution in [0.3, 0.4) is 0 Å². The molecule has 1 N–H and O–H groups in total. The molecule has 2 aromatic rings. The van der Waals surface area contributed by atoms with Gasteiger partial charge in [-0.05, 0) is 23.8 Å². The van der Waals surface area contributed by atoms with Crippen molar-refractivity contribution in [2.75, 3.05) is 14.2 Å². The number of hydroxylamine groups is 2. The summed E-state index contributed by atoms with van der Waals surface area (Å²) in [5.74, 6) is 0.234. The van der Waals surface area contributed by atoms with Crippen molar-refractivity contribution in [1.82, 2.24) is 5.06 Å². The van der Waals surface area contributed by atoms with E-state index in [1.807, 2.05) is 30.3 Å². The van der Waals surface area contributed by atoms with Gasteiger partial charge in [-0.15, -0.1) is 0 Å². The topological polar surface area (TPSA) is 59.0 Å². The van der Waals surface area contributed by atoms with Crippen LogP contribution in [0.25, 0.3) is 11.8 Å². The van der Waals surface area contributed by atoms with E-state index < -0.39 is 5.91 Å². The predicted octanol–water partition coefficient (Wildman–Crippen LogP) is 3.05. The Labute approximate surface area is 128 Å². The Bertz CT molecular complexity index is 753. The molecule has 5 heteroatoms. The zero-order chi connectivity index (χ0) is 15.7. The van der Waals surface area contributed by atoms with Crippen molar-refractivity contribution < 1.29 is 19.5 Å². The van der Waals surface area contributed by atoms with Gasteiger partial charge >= 0.3 is 0 Å². The number of carbonyl (C=O) groups is 1. The lowest BCUT2D eigenvalue weighted by atomic mass is 10.0. The summed E-state index contributed by atoms with van der Waals surface area (Å²) in [6.07, 6.45) is 1.75. The Morgan fingerprint density at radius 1 is 1.05 bits per heavy atom. The third-order valence-electron chi connectivity index (χ3n) is 3.56. The summed E-state index contributed by atoms with van der Waals surface area (Å²) in [4.78, 5) is 12.3. The van der Waals surface area contributed by atoms with Gasteiger partial charge in [-0.3, -0.25) is 10.0 Å². The van der Waals surface area contributed by atoms with Crippen molar-refractivity contribution in [2.45, 2.75) is 0 Å². The Hall–Kier alpha value is -2.79. The Balaban J connectivity index is 2.19. The molecule has 0 saturated heterocycles. The Kier molecular flexibility index (Phi) is 3.56. The largest absolute Gasteiger partial charge is 0.493 e. The second kappa shape index (κ2) is 5.54. The quantitative estimate of drug-likeness (QED) is 0.885. The molecule has 0 saturated carbocycles. The molecule has 0 spiro atoms. The molecule has 112 valence electrons. The minimum Gasteiger partial charge on any atom is -0.493 e. The lowest BCUT2D eigenvalue weighted by Gasteiger charge is -2.10. The third kappa shape index (κ3) is 2.12. The summed E-state index contributed by atoms with van der Waals surface area (Å²) in [5, 5.41) is 10.8. The molecule has 1 amide bonds. The lowest BCUT2D eigenvalue weighted by molar-refractivity contribution is -0.00692. The summed E-state index contributed by atoms with van der Waals surface area (Å²) < 4.78 is 10.5. The Morgan fingerprint density at radius 3 is 2.41 bits per heavy atom. The number of rotatable bonds is 3. The molecular formula is C17H15NO4. The van der Waals surface area contributed by atoms with Crippen LogP contribution in [0.2, 0.25) is 0 Å². The first-order valence-corrected chi connectivity index (χ1v) is 6.72. The molecule has 1 heterocycles. The highest BCUT2D eigenvalue weighted by molar-refractivity contribution is 6.13. The number of methoxy groups -OCH3 is 2. The van der Waals surface area contributed by atoms with Gasteiger partial charge in [-0.2, -0.15) is 5.06 Å².